The van der Waals surface area contributed by atoms with Gasteiger partial charge in [0, 0.05) is 43.3 Å². The van der Waals surface area contributed by atoms with Crippen LogP contribution in [0.15, 0.2) is 18.2 Å². The Hall–Kier alpha value is -1.64. The Morgan fingerprint density at radius 3 is 2.55 bits per heavy atom. The minimum absolute atomic E-state index is 0.0723. The fourth-order valence-corrected chi connectivity index (χ4v) is 6.39. The summed E-state index contributed by atoms with van der Waals surface area (Å²) in [4.78, 5) is 4.51. The van der Waals surface area contributed by atoms with Crippen LogP contribution in [-0.4, -0.2) is 60.8 Å². The molecule has 0 spiro atoms. The Kier molecular flexibility index (Phi) is 5.61. The highest BCUT2D eigenvalue weighted by atomic mass is 35.5. The van der Waals surface area contributed by atoms with E-state index in [2.05, 4.69) is 14.9 Å². The smallest absolute Gasteiger partial charge is 0.152 e. The Labute approximate surface area is 176 Å². The molecule has 158 valence electrons. The maximum Gasteiger partial charge on any atom is 0.152 e. The van der Waals surface area contributed by atoms with E-state index in [9.17, 15) is 12.8 Å². The maximum absolute atomic E-state index is 14.1. The van der Waals surface area contributed by atoms with Crippen molar-refractivity contribution in [2.24, 2.45) is 0 Å². The second kappa shape index (κ2) is 7.89. The summed E-state index contributed by atoms with van der Waals surface area (Å²) < 4.78 is 39.7. The zero-order valence-electron chi connectivity index (χ0n) is 16.7. The summed E-state index contributed by atoms with van der Waals surface area (Å²) >= 11 is 6.17. The lowest BCUT2D eigenvalue weighted by atomic mass is 10.1. The molecule has 9 heteroatoms. The molecule has 29 heavy (non-hydrogen) atoms. The molecule has 0 bridgehead atoms. The highest BCUT2D eigenvalue weighted by Gasteiger charge is 2.32. The molecular weight excluding hydrogens is 415 g/mol. The summed E-state index contributed by atoms with van der Waals surface area (Å²) in [7, 11) is -2.96. The van der Waals surface area contributed by atoms with E-state index >= 15 is 0 Å². The van der Waals surface area contributed by atoms with Gasteiger partial charge in [-0.05, 0) is 32.4 Å². The summed E-state index contributed by atoms with van der Waals surface area (Å²) in [6.45, 7) is 7.71. The molecule has 6 nitrogen and oxygen atoms in total. The molecule has 0 saturated carbocycles. The molecule has 0 aliphatic carbocycles. The van der Waals surface area contributed by atoms with Gasteiger partial charge in [-0.15, -0.1) is 0 Å². The summed E-state index contributed by atoms with van der Waals surface area (Å²) in [5, 5.41) is 5.14. The van der Waals surface area contributed by atoms with Crippen LogP contribution >= 0.6 is 11.6 Å². The summed E-state index contributed by atoms with van der Waals surface area (Å²) in [5.74, 6) is 0.146. The van der Waals surface area contributed by atoms with Gasteiger partial charge in [-0.3, -0.25) is 9.58 Å². The first-order valence-corrected chi connectivity index (χ1v) is 12.1. The van der Waals surface area contributed by atoms with Crippen LogP contribution in [0, 0.1) is 19.7 Å². The predicted octanol–water partition coefficient (Wildman–Crippen LogP) is 2.97. The lowest BCUT2D eigenvalue weighted by Gasteiger charge is -2.36. The zero-order chi connectivity index (χ0) is 20.8. The van der Waals surface area contributed by atoms with Crippen molar-refractivity contribution in [2.75, 3.05) is 42.6 Å². The van der Waals surface area contributed by atoms with Crippen molar-refractivity contribution >= 4 is 27.1 Å². The first kappa shape index (κ1) is 20.6. The van der Waals surface area contributed by atoms with E-state index in [-0.39, 0.29) is 23.4 Å². The number of anilines is 1. The molecule has 1 atom stereocenters. The van der Waals surface area contributed by atoms with Crippen molar-refractivity contribution in [2.45, 2.75) is 32.9 Å². The van der Waals surface area contributed by atoms with Crippen LogP contribution in [-0.2, 0) is 16.4 Å². The molecule has 0 amide bonds. The van der Waals surface area contributed by atoms with E-state index in [1.165, 1.54) is 6.07 Å². The number of halogens is 2. The molecule has 2 aliphatic rings. The molecule has 3 heterocycles. The predicted molar refractivity (Wildman–Crippen MR) is 113 cm³/mol. The number of aryl methyl sites for hydroxylation is 1. The number of rotatable bonds is 4. The van der Waals surface area contributed by atoms with Gasteiger partial charge >= 0.3 is 0 Å². The van der Waals surface area contributed by atoms with E-state index in [4.69, 9.17) is 11.6 Å². The van der Waals surface area contributed by atoms with Crippen molar-refractivity contribution in [3.8, 4) is 0 Å². The molecule has 1 aromatic carbocycles. The Bertz CT molecular complexity index is 995. The number of benzene rings is 1. The van der Waals surface area contributed by atoms with Gasteiger partial charge in [0.05, 0.1) is 34.6 Å². The van der Waals surface area contributed by atoms with Gasteiger partial charge in [-0.1, -0.05) is 17.7 Å². The third kappa shape index (κ3) is 4.15. The quantitative estimate of drug-likeness (QED) is 0.731. The summed E-state index contributed by atoms with van der Waals surface area (Å²) in [6, 6.07) is 4.72. The van der Waals surface area contributed by atoms with Crippen LogP contribution < -0.4 is 4.90 Å². The molecule has 2 fully saturated rings. The zero-order valence-corrected chi connectivity index (χ0v) is 18.3. The molecule has 0 N–H and O–H groups in total. The molecule has 0 radical (unpaired) electrons. The Morgan fingerprint density at radius 2 is 1.93 bits per heavy atom. The molecule has 2 saturated heterocycles. The third-order valence-corrected chi connectivity index (χ3v) is 8.08. The topological polar surface area (TPSA) is 58.4 Å². The largest absolute Gasteiger partial charge is 0.366 e. The van der Waals surface area contributed by atoms with Crippen LogP contribution in [0.3, 0.4) is 0 Å². The first-order valence-electron chi connectivity index (χ1n) is 9.91. The molecule has 4 rings (SSSR count). The second-order valence-electron chi connectivity index (χ2n) is 7.98. The average Bonchev–Trinajstić information content (AvgIpc) is 3.17. The van der Waals surface area contributed by atoms with Crippen molar-refractivity contribution in [3.05, 3.63) is 46.0 Å². The number of aromatic nitrogens is 2. The van der Waals surface area contributed by atoms with E-state index < -0.39 is 9.84 Å². The SMILES string of the molecule is Cc1nn(C2CCS(=O)(=O)C2)c(C)c1N1CCN(Cc2c(F)cccc2Cl)CC1. The van der Waals surface area contributed by atoms with Crippen LogP contribution in [0.1, 0.15) is 29.4 Å². The number of nitrogens with zero attached hydrogens (tertiary/aromatic N) is 4. The van der Waals surface area contributed by atoms with Gasteiger partial charge in [0.1, 0.15) is 5.82 Å². The van der Waals surface area contributed by atoms with Gasteiger partial charge in [0.15, 0.2) is 9.84 Å². The first-order chi connectivity index (χ1) is 13.7. The number of hydrogen-bond acceptors (Lipinski definition) is 5. The van der Waals surface area contributed by atoms with Crippen LogP contribution in [0.5, 0.6) is 0 Å². The number of sulfone groups is 1. The monoisotopic (exact) mass is 440 g/mol. The van der Waals surface area contributed by atoms with E-state index in [1.54, 1.807) is 12.1 Å². The molecule has 2 aliphatic heterocycles. The van der Waals surface area contributed by atoms with Gasteiger partial charge in [-0.25, -0.2) is 12.8 Å². The number of hydrogen-bond donors (Lipinski definition) is 0. The minimum atomic E-state index is -2.96. The number of piperazine rings is 1. The maximum atomic E-state index is 14.1. The average molecular weight is 441 g/mol. The lowest BCUT2D eigenvalue weighted by Crippen LogP contribution is -2.46. The minimum Gasteiger partial charge on any atom is -0.366 e. The highest BCUT2D eigenvalue weighted by Crippen LogP contribution is 2.32. The normalized spacial score (nSPS) is 22.3. The standard InChI is InChI=1S/C20H26ClFN4O2S/c1-14-20(15(2)26(23-14)16-6-11-29(27,28)13-16)25-9-7-24(8-10-25)12-17-18(21)4-3-5-19(17)22/h3-5,16H,6-13H2,1-2H3. The Balaban J connectivity index is 1.45. The molecule has 1 aromatic heterocycles. The molecular formula is C20H26ClFN4O2S. The summed E-state index contributed by atoms with van der Waals surface area (Å²) in [5.41, 5.74) is 3.59. The summed E-state index contributed by atoms with van der Waals surface area (Å²) in [6.07, 6.45) is 0.626. The van der Waals surface area contributed by atoms with Crippen LogP contribution in [0.25, 0.3) is 0 Å². The van der Waals surface area contributed by atoms with Crippen LogP contribution in [0.4, 0.5) is 10.1 Å². The van der Waals surface area contributed by atoms with Gasteiger partial charge < -0.3 is 4.90 Å². The van der Waals surface area contributed by atoms with Gasteiger partial charge in [0.2, 0.25) is 0 Å². The fraction of sp³-hybridized carbons (Fsp3) is 0.550. The van der Waals surface area contributed by atoms with Crippen molar-refractivity contribution < 1.29 is 12.8 Å². The van der Waals surface area contributed by atoms with Gasteiger partial charge in [0.25, 0.3) is 0 Å². The highest BCUT2D eigenvalue weighted by molar-refractivity contribution is 7.91. The van der Waals surface area contributed by atoms with E-state index in [0.29, 0.717) is 23.6 Å². The molecule has 1 unspecified atom stereocenters. The Morgan fingerprint density at radius 1 is 1.21 bits per heavy atom. The second-order valence-corrected chi connectivity index (χ2v) is 10.6. The van der Waals surface area contributed by atoms with E-state index in [1.807, 2.05) is 18.5 Å². The van der Waals surface area contributed by atoms with Crippen molar-refractivity contribution in [3.63, 3.8) is 0 Å². The van der Waals surface area contributed by atoms with Crippen molar-refractivity contribution in [1.29, 1.82) is 0 Å². The third-order valence-electron chi connectivity index (χ3n) is 5.97. The fourth-order valence-electron chi connectivity index (χ4n) is 4.47. The van der Waals surface area contributed by atoms with Crippen LogP contribution in [0.2, 0.25) is 5.02 Å². The van der Waals surface area contributed by atoms with Gasteiger partial charge in [-0.2, -0.15) is 5.10 Å². The van der Waals surface area contributed by atoms with E-state index in [0.717, 1.165) is 43.3 Å². The lowest BCUT2D eigenvalue weighted by molar-refractivity contribution is 0.246. The van der Waals surface area contributed by atoms with Crippen molar-refractivity contribution in [1.82, 2.24) is 14.7 Å². The molecule has 2 aromatic rings.